The van der Waals surface area contributed by atoms with Crippen LogP contribution in [0.25, 0.3) is 5.70 Å². The van der Waals surface area contributed by atoms with Crippen molar-refractivity contribution in [1.29, 1.82) is 0 Å². The van der Waals surface area contributed by atoms with Crippen LogP contribution in [0.3, 0.4) is 0 Å². The Balaban J connectivity index is 1.42. The van der Waals surface area contributed by atoms with E-state index in [-0.39, 0.29) is 18.3 Å². The number of nitrogens with one attached hydrogen (secondary N) is 2. The number of rotatable bonds is 3. The summed E-state index contributed by atoms with van der Waals surface area (Å²) in [4.78, 5) is 13.3. The lowest BCUT2D eigenvalue weighted by atomic mass is 10.1. The Hall–Kier alpha value is -2.67. The van der Waals surface area contributed by atoms with Crippen LogP contribution >= 0.6 is 11.8 Å². The van der Waals surface area contributed by atoms with Gasteiger partial charge >= 0.3 is 0 Å². The van der Waals surface area contributed by atoms with Gasteiger partial charge in [-0.05, 0) is 36.4 Å². The number of thioether (sulfide) groups is 1. The fraction of sp³-hybridized carbons (Fsp3) is 0.167. The minimum absolute atomic E-state index is 0.130. The van der Waals surface area contributed by atoms with Crippen LogP contribution in [0, 0.1) is 5.82 Å². The summed E-state index contributed by atoms with van der Waals surface area (Å²) in [6.45, 7) is 0.130. The molecule has 1 amide bonds. The summed E-state index contributed by atoms with van der Waals surface area (Å²) in [6, 6.07) is 11.8. The smallest absolute Gasteiger partial charge is 0.282 e. The maximum Gasteiger partial charge on any atom is 0.282 e. The van der Waals surface area contributed by atoms with Crippen molar-refractivity contribution < 1.29 is 18.7 Å². The first kappa shape index (κ1) is 15.8. The average Bonchev–Trinajstić information content (AvgIpc) is 2.65. The Morgan fingerprint density at radius 3 is 2.92 bits per heavy atom. The lowest BCUT2D eigenvalue weighted by Crippen LogP contribution is -2.48. The number of amides is 1. The number of halogens is 1. The molecule has 0 radical (unpaired) electrons. The summed E-state index contributed by atoms with van der Waals surface area (Å²) in [5.74, 6) is 1.23. The van der Waals surface area contributed by atoms with Crippen molar-refractivity contribution in [2.45, 2.75) is 11.0 Å². The third-order valence-electron chi connectivity index (χ3n) is 3.88. The largest absolute Gasteiger partial charge is 0.485 e. The van der Waals surface area contributed by atoms with Gasteiger partial charge in [0.1, 0.15) is 12.4 Å². The molecule has 7 heteroatoms. The summed E-state index contributed by atoms with van der Waals surface area (Å²) >= 11 is 1.62. The molecule has 2 heterocycles. The molecule has 5 nitrogen and oxygen atoms in total. The highest BCUT2D eigenvalue weighted by molar-refractivity contribution is 7.99. The van der Waals surface area contributed by atoms with E-state index in [2.05, 4.69) is 10.9 Å². The number of carbonyl (C=O) groups excluding carboxylic acids is 1. The molecule has 2 aliphatic rings. The Morgan fingerprint density at radius 1 is 1.20 bits per heavy atom. The molecule has 0 aliphatic carbocycles. The number of ether oxygens (including phenoxy) is 2. The Bertz CT molecular complexity index is 856. The number of benzene rings is 2. The van der Waals surface area contributed by atoms with Crippen molar-refractivity contribution >= 4 is 23.4 Å². The Labute approximate surface area is 148 Å². The quantitative estimate of drug-likeness (QED) is 0.827. The summed E-state index contributed by atoms with van der Waals surface area (Å²) < 4.78 is 24.7. The van der Waals surface area contributed by atoms with Crippen molar-refractivity contribution in [3.8, 4) is 11.5 Å². The monoisotopic (exact) mass is 358 g/mol. The molecular formula is C18H15FN2O3S. The molecular weight excluding hydrogens is 343 g/mol. The highest BCUT2D eigenvalue weighted by Gasteiger charge is 2.27. The molecule has 0 spiro atoms. The Morgan fingerprint density at radius 2 is 2.04 bits per heavy atom. The topological polar surface area (TPSA) is 59.6 Å². The summed E-state index contributed by atoms with van der Waals surface area (Å²) in [5, 5.41) is 0. The SMILES string of the molecule is O=C(NNC1=CCSc2ccc(F)cc21)[C@@H]1COc2ccccc2O1. The molecule has 0 saturated carbocycles. The summed E-state index contributed by atoms with van der Waals surface area (Å²) in [6.07, 6.45) is 1.15. The van der Waals surface area contributed by atoms with E-state index in [4.69, 9.17) is 9.47 Å². The van der Waals surface area contributed by atoms with Crippen LogP contribution in [-0.2, 0) is 4.79 Å². The predicted octanol–water partition coefficient (Wildman–Crippen LogP) is 2.73. The number of hydrogen-bond donors (Lipinski definition) is 2. The number of para-hydroxylation sites is 2. The van der Waals surface area contributed by atoms with E-state index in [1.807, 2.05) is 18.2 Å². The second kappa shape index (κ2) is 6.68. The molecule has 128 valence electrons. The van der Waals surface area contributed by atoms with E-state index in [1.165, 1.54) is 12.1 Å². The van der Waals surface area contributed by atoms with Gasteiger partial charge in [-0.1, -0.05) is 12.1 Å². The van der Waals surface area contributed by atoms with Crippen LogP contribution in [0.4, 0.5) is 4.39 Å². The molecule has 2 N–H and O–H groups in total. The van der Waals surface area contributed by atoms with E-state index < -0.39 is 6.10 Å². The number of fused-ring (bicyclic) bond motifs is 2. The zero-order valence-electron chi connectivity index (χ0n) is 13.1. The van der Waals surface area contributed by atoms with Crippen LogP contribution in [0.2, 0.25) is 0 Å². The zero-order valence-corrected chi connectivity index (χ0v) is 13.9. The lowest BCUT2D eigenvalue weighted by Gasteiger charge is -2.26. The molecule has 25 heavy (non-hydrogen) atoms. The molecule has 4 rings (SSSR count). The predicted molar refractivity (Wildman–Crippen MR) is 92.7 cm³/mol. The van der Waals surface area contributed by atoms with E-state index in [9.17, 15) is 9.18 Å². The van der Waals surface area contributed by atoms with Crippen molar-refractivity contribution in [2.24, 2.45) is 0 Å². The molecule has 2 aliphatic heterocycles. The molecule has 0 saturated heterocycles. The highest BCUT2D eigenvalue weighted by atomic mass is 32.2. The molecule has 0 bridgehead atoms. The van der Waals surface area contributed by atoms with Crippen LogP contribution in [0.1, 0.15) is 5.56 Å². The van der Waals surface area contributed by atoms with Crippen LogP contribution < -0.4 is 20.3 Å². The van der Waals surface area contributed by atoms with Gasteiger partial charge in [0.05, 0.1) is 5.70 Å². The summed E-state index contributed by atoms with van der Waals surface area (Å²) in [5.41, 5.74) is 6.88. The molecule has 0 aromatic heterocycles. The van der Waals surface area contributed by atoms with Crippen molar-refractivity contribution in [1.82, 2.24) is 10.9 Å². The van der Waals surface area contributed by atoms with Gasteiger partial charge in [-0.2, -0.15) is 0 Å². The van der Waals surface area contributed by atoms with Gasteiger partial charge in [-0.15, -0.1) is 11.8 Å². The highest BCUT2D eigenvalue weighted by Crippen LogP contribution is 2.33. The molecule has 2 aromatic carbocycles. The van der Waals surface area contributed by atoms with Gasteiger partial charge in [0.15, 0.2) is 11.5 Å². The normalized spacial score (nSPS) is 18.0. The Kier molecular flexibility index (Phi) is 4.23. The minimum Gasteiger partial charge on any atom is -0.485 e. The van der Waals surface area contributed by atoms with Gasteiger partial charge in [-0.25, -0.2) is 4.39 Å². The fourth-order valence-corrected chi connectivity index (χ4v) is 3.56. The maximum absolute atomic E-state index is 13.5. The van der Waals surface area contributed by atoms with Crippen molar-refractivity contribution in [2.75, 3.05) is 12.4 Å². The van der Waals surface area contributed by atoms with E-state index >= 15 is 0 Å². The second-order valence-corrected chi connectivity index (χ2v) is 6.61. The van der Waals surface area contributed by atoms with E-state index in [1.54, 1.807) is 30.0 Å². The van der Waals surface area contributed by atoms with Crippen molar-refractivity contribution in [3.05, 3.63) is 59.9 Å². The number of hydrazine groups is 1. The van der Waals surface area contributed by atoms with Gasteiger partial charge in [0.2, 0.25) is 6.10 Å². The van der Waals surface area contributed by atoms with Gasteiger partial charge in [0, 0.05) is 16.2 Å². The first-order valence-corrected chi connectivity index (χ1v) is 8.76. The zero-order chi connectivity index (χ0) is 17.2. The van der Waals surface area contributed by atoms with Gasteiger partial charge < -0.3 is 9.47 Å². The molecule has 0 unspecified atom stereocenters. The van der Waals surface area contributed by atoms with Crippen LogP contribution in [0.5, 0.6) is 11.5 Å². The molecule has 2 aromatic rings. The number of carbonyl (C=O) groups is 1. The first-order chi connectivity index (χ1) is 12.2. The molecule has 0 fully saturated rings. The average molecular weight is 358 g/mol. The van der Waals surface area contributed by atoms with E-state index in [0.29, 0.717) is 17.2 Å². The first-order valence-electron chi connectivity index (χ1n) is 7.78. The van der Waals surface area contributed by atoms with Gasteiger partial charge in [-0.3, -0.25) is 15.6 Å². The third-order valence-corrected chi connectivity index (χ3v) is 4.88. The lowest BCUT2D eigenvalue weighted by molar-refractivity contribution is -0.131. The van der Waals surface area contributed by atoms with Crippen molar-refractivity contribution in [3.63, 3.8) is 0 Å². The maximum atomic E-state index is 13.5. The van der Waals surface area contributed by atoms with Crippen LogP contribution in [0.15, 0.2) is 53.4 Å². The fourth-order valence-electron chi connectivity index (χ4n) is 2.64. The summed E-state index contributed by atoms with van der Waals surface area (Å²) in [7, 11) is 0. The standard InChI is InChI=1S/C18H15FN2O3S/c19-11-5-6-17-12(9-11)13(7-8-25-17)20-21-18(22)16-10-23-14-3-1-2-4-15(14)24-16/h1-7,9,16,20H,8,10H2,(H,21,22)/t16-/m0/s1. The molecule has 1 atom stereocenters. The van der Waals surface area contributed by atoms with Gasteiger partial charge in [0.25, 0.3) is 5.91 Å². The third kappa shape index (κ3) is 3.28. The van der Waals surface area contributed by atoms with E-state index in [0.717, 1.165) is 16.2 Å². The number of hydrogen-bond acceptors (Lipinski definition) is 5. The van der Waals surface area contributed by atoms with Crippen LogP contribution in [-0.4, -0.2) is 24.4 Å². The second-order valence-electron chi connectivity index (χ2n) is 5.55. The minimum atomic E-state index is -0.757.